The fraction of sp³-hybridized carbons (Fsp3) is 0.300. The van der Waals surface area contributed by atoms with Crippen LogP contribution in [0.5, 0.6) is 5.75 Å². The molecule has 0 radical (unpaired) electrons. The van der Waals surface area contributed by atoms with Crippen LogP contribution in [0.4, 0.5) is 13.2 Å². The number of ether oxygens (including phenoxy) is 1. The van der Waals surface area contributed by atoms with Gasteiger partial charge in [0.15, 0.2) is 6.61 Å². The third-order valence-corrected chi connectivity index (χ3v) is 5.22. The van der Waals surface area contributed by atoms with Crippen LogP contribution in [-0.4, -0.2) is 34.4 Å². The van der Waals surface area contributed by atoms with Gasteiger partial charge in [-0.25, -0.2) is 4.98 Å². The lowest BCUT2D eigenvalue weighted by atomic mass is 10.2. The first-order valence-corrected chi connectivity index (χ1v) is 9.96. The Morgan fingerprint density at radius 1 is 1.21 bits per heavy atom. The number of para-hydroxylation sites is 2. The van der Waals surface area contributed by atoms with Gasteiger partial charge in [-0.3, -0.25) is 4.79 Å². The molecule has 1 amide bonds. The SMILES string of the molecule is CC(SCC(=O)NCc1ccc(OCC(F)(F)F)cc1)c1nc2ccccc2[nH]1. The number of thioether (sulfide) groups is 1. The molecule has 1 heterocycles. The molecule has 0 aliphatic heterocycles. The lowest BCUT2D eigenvalue weighted by molar-refractivity contribution is -0.153. The molecule has 3 aromatic rings. The summed E-state index contributed by atoms with van der Waals surface area (Å²) in [6, 6.07) is 13.9. The van der Waals surface area contributed by atoms with Gasteiger partial charge in [0.05, 0.1) is 22.0 Å². The van der Waals surface area contributed by atoms with E-state index in [1.54, 1.807) is 12.1 Å². The maximum atomic E-state index is 12.1. The second-order valence-corrected chi connectivity index (χ2v) is 7.75. The predicted molar refractivity (Wildman–Crippen MR) is 107 cm³/mol. The second-order valence-electron chi connectivity index (χ2n) is 6.42. The molecular formula is C20H20F3N3O2S. The van der Waals surface area contributed by atoms with E-state index in [0.717, 1.165) is 22.4 Å². The highest BCUT2D eigenvalue weighted by atomic mass is 32.2. The van der Waals surface area contributed by atoms with Crippen molar-refractivity contribution in [1.82, 2.24) is 15.3 Å². The minimum Gasteiger partial charge on any atom is -0.484 e. The van der Waals surface area contributed by atoms with Gasteiger partial charge in [0, 0.05) is 6.54 Å². The molecule has 0 saturated heterocycles. The number of amides is 1. The number of hydrogen-bond acceptors (Lipinski definition) is 4. The smallest absolute Gasteiger partial charge is 0.422 e. The molecule has 9 heteroatoms. The van der Waals surface area contributed by atoms with E-state index in [1.807, 2.05) is 31.2 Å². The normalized spacial score (nSPS) is 12.7. The highest BCUT2D eigenvalue weighted by Crippen LogP contribution is 2.27. The van der Waals surface area contributed by atoms with E-state index in [1.165, 1.54) is 23.9 Å². The van der Waals surface area contributed by atoms with Crippen LogP contribution in [0.2, 0.25) is 0 Å². The van der Waals surface area contributed by atoms with Crippen molar-refractivity contribution < 1.29 is 22.7 Å². The number of nitrogens with one attached hydrogen (secondary N) is 2. The van der Waals surface area contributed by atoms with Crippen LogP contribution in [0, 0.1) is 0 Å². The third-order valence-electron chi connectivity index (χ3n) is 4.07. The maximum absolute atomic E-state index is 12.1. The summed E-state index contributed by atoms with van der Waals surface area (Å²) in [6.45, 7) is 0.941. The minimum atomic E-state index is -4.37. The van der Waals surface area contributed by atoms with E-state index in [0.29, 0.717) is 0 Å². The first kappa shape index (κ1) is 21.0. The van der Waals surface area contributed by atoms with Gasteiger partial charge in [-0.15, -0.1) is 11.8 Å². The molecule has 2 N–H and O–H groups in total. The Balaban J connectivity index is 1.42. The number of aromatic nitrogens is 2. The summed E-state index contributed by atoms with van der Waals surface area (Å²) in [4.78, 5) is 19.9. The van der Waals surface area contributed by atoms with Crippen molar-refractivity contribution in [1.29, 1.82) is 0 Å². The molecule has 0 aliphatic carbocycles. The summed E-state index contributed by atoms with van der Waals surface area (Å²) in [5.41, 5.74) is 2.62. The Bertz CT molecular complexity index is 925. The lowest BCUT2D eigenvalue weighted by Gasteiger charge is -2.11. The Labute approximate surface area is 170 Å². The minimum absolute atomic E-state index is 0.0261. The summed E-state index contributed by atoms with van der Waals surface area (Å²) in [7, 11) is 0. The van der Waals surface area contributed by atoms with E-state index in [9.17, 15) is 18.0 Å². The number of benzene rings is 2. The first-order valence-electron chi connectivity index (χ1n) is 8.91. The number of halogens is 3. The number of hydrogen-bond donors (Lipinski definition) is 2. The summed E-state index contributed by atoms with van der Waals surface area (Å²) in [5, 5.41) is 2.82. The summed E-state index contributed by atoms with van der Waals surface area (Å²) >= 11 is 1.47. The summed E-state index contributed by atoms with van der Waals surface area (Å²) < 4.78 is 41.1. The van der Waals surface area contributed by atoms with E-state index in [-0.39, 0.29) is 29.2 Å². The van der Waals surface area contributed by atoms with E-state index >= 15 is 0 Å². The van der Waals surface area contributed by atoms with E-state index in [2.05, 4.69) is 20.0 Å². The second kappa shape index (κ2) is 9.21. The van der Waals surface area contributed by atoms with Gasteiger partial charge in [-0.05, 0) is 36.8 Å². The molecular weight excluding hydrogens is 403 g/mol. The van der Waals surface area contributed by atoms with Gasteiger partial charge in [0.25, 0.3) is 0 Å². The Morgan fingerprint density at radius 2 is 1.93 bits per heavy atom. The number of fused-ring (bicyclic) bond motifs is 1. The number of alkyl halides is 3. The molecule has 0 aliphatic rings. The molecule has 1 atom stereocenters. The molecule has 0 fully saturated rings. The molecule has 0 bridgehead atoms. The number of carbonyl (C=O) groups is 1. The number of nitrogens with zero attached hydrogens (tertiary/aromatic N) is 1. The quantitative estimate of drug-likeness (QED) is 0.555. The molecule has 0 saturated carbocycles. The monoisotopic (exact) mass is 423 g/mol. The van der Waals surface area contributed by atoms with Crippen molar-refractivity contribution in [2.75, 3.05) is 12.4 Å². The third kappa shape index (κ3) is 6.42. The average molecular weight is 423 g/mol. The summed E-state index contributed by atoms with van der Waals surface area (Å²) in [6.07, 6.45) is -4.37. The predicted octanol–water partition coefficient (Wildman–Crippen LogP) is 4.61. The number of carbonyl (C=O) groups excluding carboxylic acids is 1. The average Bonchev–Trinajstić information content (AvgIpc) is 3.13. The zero-order chi connectivity index (χ0) is 20.9. The van der Waals surface area contributed by atoms with Crippen molar-refractivity contribution in [2.24, 2.45) is 0 Å². The van der Waals surface area contributed by atoms with Crippen LogP contribution < -0.4 is 10.1 Å². The highest BCUT2D eigenvalue weighted by molar-refractivity contribution is 8.00. The molecule has 29 heavy (non-hydrogen) atoms. The van der Waals surface area contributed by atoms with Crippen molar-refractivity contribution in [3.05, 3.63) is 59.9 Å². The first-order chi connectivity index (χ1) is 13.8. The van der Waals surface area contributed by atoms with Crippen LogP contribution >= 0.6 is 11.8 Å². The van der Waals surface area contributed by atoms with Crippen molar-refractivity contribution >= 4 is 28.7 Å². The van der Waals surface area contributed by atoms with Gasteiger partial charge in [0.1, 0.15) is 11.6 Å². The molecule has 1 aromatic heterocycles. The van der Waals surface area contributed by atoms with Gasteiger partial charge in [-0.2, -0.15) is 13.2 Å². The van der Waals surface area contributed by atoms with Gasteiger partial charge >= 0.3 is 6.18 Å². The number of aromatic amines is 1. The molecule has 0 spiro atoms. The van der Waals surface area contributed by atoms with Crippen LogP contribution in [0.3, 0.4) is 0 Å². The van der Waals surface area contributed by atoms with Gasteiger partial charge < -0.3 is 15.0 Å². The number of rotatable bonds is 8. The lowest BCUT2D eigenvalue weighted by Crippen LogP contribution is -2.24. The Hall–Kier alpha value is -2.68. The van der Waals surface area contributed by atoms with E-state index in [4.69, 9.17) is 0 Å². The Kier molecular flexibility index (Phi) is 6.68. The number of H-pyrrole nitrogens is 1. The van der Waals surface area contributed by atoms with Crippen LogP contribution in [0.1, 0.15) is 23.6 Å². The zero-order valence-electron chi connectivity index (χ0n) is 15.6. The number of imidazole rings is 1. The molecule has 154 valence electrons. The highest BCUT2D eigenvalue weighted by Gasteiger charge is 2.28. The van der Waals surface area contributed by atoms with Gasteiger partial charge in [0.2, 0.25) is 5.91 Å². The van der Waals surface area contributed by atoms with Crippen LogP contribution in [0.15, 0.2) is 48.5 Å². The topological polar surface area (TPSA) is 67.0 Å². The van der Waals surface area contributed by atoms with Crippen LogP contribution in [-0.2, 0) is 11.3 Å². The van der Waals surface area contributed by atoms with Crippen molar-refractivity contribution in [2.45, 2.75) is 24.9 Å². The summed E-state index contributed by atoms with van der Waals surface area (Å²) in [5.74, 6) is 1.09. The van der Waals surface area contributed by atoms with E-state index < -0.39 is 12.8 Å². The maximum Gasteiger partial charge on any atom is 0.422 e. The van der Waals surface area contributed by atoms with Crippen molar-refractivity contribution in [3.63, 3.8) is 0 Å². The molecule has 1 unspecified atom stereocenters. The fourth-order valence-electron chi connectivity index (χ4n) is 2.57. The molecule has 2 aromatic carbocycles. The van der Waals surface area contributed by atoms with Gasteiger partial charge in [-0.1, -0.05) is 24.3 Å². The zero-order valence-corrected chi connectivity index (χ0v) is 16.4. The fourth-order valence-corrected chi connectivity index (χ4v) is 3.34. The molecule has 3 rings (SSSR count). The Morgan fingerprint density at radius 3 is 2.62 bits per heavy atom. The molecule has 5 nitrogen and oxygen atoms in total. The van der Waals surface area contributed by atoms with Crippen molar-refractivity contribution in [3.8, 4) is 5.75 Å². The largest absolute Gasteiger partial charge is 0.484 e. The van der Waals surface area contributed by atoms with Crippen LogP contribution in [0.25, 0.3) is 11.0 Å². The standard InChI is InChI=1S/C20H20F3N3O2S/c1-13(19-25-16-4-2-3-5-17(16)26-19)29-11-18(27)24-10-14-6-8-15(9-7-14)28-12-20(21,22)23/h2-9,13H,10-12H2,1H3,(H,24,27)(H,25,26).